The van der Waals surface area contributed by atoms with Gasteiger partial charge >= 0.3 is 5.97 Å². The zero-order chi connectivity index (χ0) is 11.0. The number of aromatic hydroxyl groups is 1. The molecule has 0 atom stereocenters. The highest BCUT2D eigenvalue weighted by Gasteiger charge is 2.23. The van der Waals surface area contributed by atoms with Crippen molar-refractivity contribution >= 4 is 21.9 Å². The summed E-state index contributed by atoms with van der Waals surface area (Å²) in [7, 11) is 0. The number of aliphatic carboxylic acids is 1. The van der Waals surface area contributed by atoms with Crippen LogP contribution in [0.5, 0.6) is 11.5 Å². The zero-order valence-electron chi connectivity index (χ0n) is 7.79. The summed E-state index contributed by atoms with van der Waals surface area (Å²) in [5, 5.41) is 18.4. The van der Waals surface area contributed by atoms with Crippen LogP contribution < -0.4 is 4.74 Å². The lowest BCUT2D eigenvalue weighted by atomic mass is 10.1. The lowest BCUT2D eigenvalue weighted by molar-refractivity contribution is -0.136. The summed E-state index contributed by atoms with van der Waals surface area (Å²) in [5.74, 6) is -0.608. The van der Waals surface area contributed by atoms with Crippen molar-refractivity contribution in [2.75, 3.05) is 6.61 Å². The molecule has 0 amide bonds. The summed E-state index contributed by atoms with van der Waals surface area (Å²) in [6.07, 6.45) is 0.526. The quantitative estimate of drug-likeness (QED) is 0.860. The lowest BCUT2D eigenvalue weighted by Crippen LogP contribution is -2.01. The van der Waals surface area contributed by atoms with Crippen LogP contribution in [0.4, 0.5) is 0 Å². The molecule has 1 aliphatic heterocycles. The zero-order valence-corrected chi connectivity index (χ0v) is 9.37. The highest BCUT2D eigenvalue weighted by molar-refractivity contribution is 9.10. The van der Waals surface area contributed by atoms with Gasteiger partial charge in [-0.25, -0.2) is 0 Å². The summed E-state index contributed by atoms with van der Waals surface area (Å²) in [6.45, 7) is 0.526. The van der Waals surface area contributed by atoms with Gasteiger partial charge in [0, 0.05) is 22.0 Å². The fourth-order valence-corrected chi connectivity index (χ4v) is 2.30. The average Bonchev–Trinajstić information content (AvgIpc) is 2.61. The Morgan fingerprint density at radius 2 is 2.33 bits per heavy atom. The Morgan fingerprint density at radius 1 is 1.60 bits per heavy atom. The summed E-state index contributed by atoms with van der Waals surface area (Å²) < 4.78 is 6.05. The molecule has 80 valence electrons. The maximum Gasteiger partial charge on any atom is 0.307 e. The van der Waals surface area contributed by atoms with E-state index in [9.17, 15) is 9.90 Å². The molecule has 2 N–H and O–H groups in total. The molecule has 2 rings (SSSR count). The lowest BCUT2D eigenvalue weighted by Gasteiger charge is -2.08. The third-order valence-corrected chi connectivity index (χ3v) is 3.03. The second-order valence-electron chi connectivity index (χ2n) is 3.34. The molecule has 4 nitrogen and oxygen atoms in total. The third-order valence-electron chi connectivity index (χ3n) is 2.32. The number of ether oxygens (including phenoxy) is 1. The number of phenolic OH excluding ortho intramolecular Hbond substituents is 1. The fraction of sp³-hybridized carbons (Fsp3) is 0.300. The van der Waals surface area contributed by atoms with E-state index in [1.807, 2.05) is 0 Å². The number of hydrogen-bond acceptors (Lipinski definition) is 3. The van der Waals surface area contributed by atoms with Gasteiger partial charge in [0.2, 0.25) is 0 Å². The molecule has 5 heteroatoms. The van der Waals surface area contributed by atoms with Crippen molar-refractivity contribution in [3.05, 3.63) is 21.7 Å². The van der Waals surface area contributed by atoms with Crippen LogP contribution in [0.15, 0.2) is 10.5 Å². The van der Waals surface area contributed by atoms with E-state index in [-0.39, 0.29) is 12.2 Å². The van der Waals surface area contributed by atoms with Gasteiger partial charge in [0.25, 0.3) is 0 Å². The molecule has 0 saturated carbocycles. The van der Waals surface area contributed by atoms with Gasteiger partial charge in [-0.2, -0.15) is 0 Å². The molecule has 1 aromatic carbocycles. The molecular weight excluding hydrogens is 264 g/mol. The highest BCUT2D eigenvalue weighted by Crippen LogP contribution is 2.42. The van der Waals surface area contributed by atoms with Gasteiger partial charge in [0.15, 0.2) is 11.5 Å². The van der Waals surface area contributed by atoms with Crippen LogP contribution in [0.1, 0.15) is 11.1 Å². The van der Waals surface area contributed by atoms with Crippen LogP contribution in [0, 0.1) is 0 Å². The molecule has 0 fully saturated rings. The standard InChI is InChI=1S/C10H9BrO4/c11-7-3-5(4-8(12)13)9(14)10-6(7)1-2-15-10/h3,14H,1-2,4H2,(H,12,13). The van der Waals surface area contributed by atoms with Crippen LogP contribution in [-0.2, 0) is 17.6 Å². The highest BCUT2D eigenvalue weighted by atomic mass is 79.9. The number of rotatable bonds is 2. The molecule has 1 heterocycles. The summed E-state index contributed by atoms with van der Waals surface area (Å²) >= 11 is 3.34. The van der Waals surface area contributed by atoms with Crippen molar-refractivity contribution in [2.45, 2.75) is 12.8 Å². The minimum absolute atomic E-state index is 0.0481. The van der Waals surface area contributed by atoms with Crippen molar-refractivity contribution in [3.63, 3.8) is 0 Å². The van der Waals surface area contributed by atoms with Gasteiger partial charge < -0.3 is 14.9 Å². The number of fused-ring (bicyclic) bond motifs is 1. The van der Waals surface area contributed by atoms with E-state index in [0.717, 1.165) is 16.5 Å². The molecular formula is C10H9BrO4. The molecule has 0 bridgehead atoms. The Labute approximate surface area is 94.6 Å². The summed E-state index contributed by atoms with van der Waals surface area (Å²) in [5.41, 5.74) is 1.27. The molecule has 15 heavy (non-hydrogen) atoms. The Balaban J connectivity index is 2.50. The predicted octanol–water partition coefficient (Wildman–Crippen LogP) is 1.72. The first-order valence-electron chi connectivity index (χ1n) is 4.47. The molecule has 1 aliphatic rings. The first-order valence-corrected chi connectivity index (χ1v) is 5.26. The van der Waals surface area contributed by atoms with E-state index in [1.54, 1.807) is 6.07 Å². The first kappa shape index (κ1) is 10.3. The molecule has 0 aromatic heterocycles. The molecule has 1 aromatic rings. The van der Waals surface area contributed by atoms with Gasteiger partial charge in [-0.15, -0.1) is 0 Å². The van der Waals surface area contributed by atoms with E-state index in [4.69, 9.17) is 9.84 Å². The third kappa shape index (κ3) is 1.79. The molecule has 0 radical (unpaired) electrons. The van der Waals surface area contributed by atoms with Crippen molar-refractivity contribution in [3.8, 4) is 11.5 Å². The van der Waals surface area contributed by atoms with E-state index in [2.05, 4.69) is 15.9 Å². The molecule has 0 spiro atoms. The predicted molar refractivity (Wildman–Crippen MR) is 56.3 cm³/mol. The maximum absolute atomic E-state index is 10.6. The smallest absolute Gasteiger partial charge is 0.307 e. The van der Waals surface area contributed by atoms with Gasteiger partial charge in [-0.1, -0.05) is 15.9 Å². The van der Waals surface area contributed by atoms with Crippen molar-refractivity contribution in [1.82, 2.24) is 0 Å². The Hall–Kier alpha value is -1.23. The van der Waals surface area contributed by atoms with Gasteiger partial charge in [0.1, 0.15) is 0 Å². The number of carboxylic acid groups (broad SMARTS) is 1. The number of benzene rings is 1. The number of hydrogen-bond donors (Lipinski definition) is 2. The monoisotopic (exact) mass is 272 g/mol. The average molecular weight is 273 g/mol. The van der Waals surface area contributed by atoms with E-state index < -0.39 is 5.97 Å². The summed E-state index contributed by atoms with van der Waals surface area (Å²) in [6, 6.07) is 1.64. The largest absolute Gasteiger partial charge is 0.504 e. The van der Waals surface area contributed by atoms with E-state index in [0.29, 0.717) is 17.9 Å². The van der Waals surface area contributed by atoms with Gasteiger partial charge in [-0.3, -0.25) is 4.79 Å². The Kier molecular flexibility index (Phi) is 2.56. The summed E-state index contributed by atoms with van der Waals surface area (Å²) in [4.78, 5) is 10.6. The number of carbonyl (C=O) groups is 1. The molecule has 0 saturated heterocycles. The van der Waals surface area contributed by atoms with Gasteiger partial charge in [0.05, 0.1) is 13.0 Å². The van der Waals surface area contributed by atoms with E-state index >= 15 is 0 Å². The van der Waals surface area contributed by atoms with Crippen LogP contribution in [0.3, 0.4) is 0 Å². The second-order valence-corrected chi connectivity index (χ2v) is 4.20. The second kappa shape index (κ2) is 3.73. The Bertz CT molecular complexity index is 428. The number of carboxylic acids is 1. The van der Waals surface area contributed by atoms with Crippen molar-refractivity contribution < 1.29 is 19.7 Å². The van der Waals surface area contributed by atoms with Crippen LogP contribution in [0.25, 0.3) is 0 Å². The topological polar surface area (TPSA) is 66.8 Å². The Morgan fingerprint density at radius 3 is 3.00 bits per heavy atom. The van der Waals surface area contributed by atoms with Crippen LogP contribution in [0.2, 0.25) is 0 Å². The van der Waals surface area contributed by atoms with Gasteiger partial charge in [-0.05, 0) is 6.07 Å². The molecule has 0 aliphatic carbocycles. The van der Waals surface area contributed by atoms with Crippen LogP contribution >= 0.6 is 15.9 Å². The minimum Gasteiger partial charge on any atom is -0.504 e. The SMILES string of the molecule is O=C(O)Cc1cc(Br)c2c(c1O)OCC2. The van der Waals surface area contributed by atoms with Crippen LogP contribution in [-0.4, -0.2) is 22.8 Å². The maximum atomic E-state index is 10.6. The minimum atomic E-state index is -0.977. The van der Waals surface area contributed by atoms with E-state index in [1.165, 1.54) is 0 Å². The fourth-order valence-electron chi connectivity index (χ4n) is 1.65. The first-order chi connectivity index (χ1) is 7.09. The molecule has 0 unspecified atom stereocenters. The number of phenols is 1. The van der Waals surface area contributed by atoms with Crippen molar-refractivity contribution in [1.29, 1.82) is 0 Å². The normalized spacial score (nSPS) is 13.4. The number of halogens is 1. The van der Waals surface area contributed by atoms with Crippen molar-refractivity contribution in [2.24, 2.45) is 0 Å².